The highest BCUT2D eigenvalue weighted by Gasteiger charge is 2.11. The van der Waals surface area contributed by atoms with Crippen LogP contribution in [-0.2, 0) is 11.2 Å². The molecule has 8 heteroatoms. The Bertz CT molecular complexity index is 967. The summed E-state index contributed by atoms with van der Waals surface area (Å²) < 4.78 is 0. The lowest BCUT2D eigenvalue weighted by Crippen LogP contribution is -2.18. The zero-order valence-corrected chi connectivity index (χ0v) is 16.0. The monoisotopic (exact) mass is 386 g/mol. The second kappa shape index (κ2) is 8.29. The van der Waals surface area contributed by atoms with E-state index in [1.54, 1.807) is 6.92 Å². The average Bonchev–Trinajstić information content (AvgIpc) is 3.09. The number of hydrogen-bond acceptors (Lipinski definition) is 6. The fourth-order valence-electron chi connectivity index (χ4n) is 2.43. The summed E-state index contributed by atoms with van der Waals surface area (Å²) >= 11 is 2.58. The van der Waals surface area contributed by atoms with Crippen LogP contribution in [0, 0.1) is 6.92 Å². The van der Waals surface area contributed by atoms with E-state index in [4.69, 9.17) is 0 Å². The van der Waals surface area contributed by atoms with Gasteiger partial charge in [0.2, 0.25) is 5.91 Å². The molecule has 134 valence electrons. The van der Waals surface area contributed by atoms with E-state index in [2.05, 4.69) is 20.3 Å². The van der Waals surface area contributed by atoms with Crippen molar-refractivity contribution in [2.75, 3.05) is 11.1 Å². The molecule has 1 aromatic carbocycles. The van der Waals surface area contributed by atoms with Crippen LogP contribution < -0.4 is 10.9 Å². The number of aryl methyl sites for hydroxylation is 1. The predicted octanol–water partition coefficient (Wildman–Crippen LogP) is 3.50. The maximum Gasteiger partial charge on any atom is 0.254 e. The number of nitrogens with one attached hydrogen (secondary N) is 2. The number of carbonyl (C=O) groups excluding carboxylic acids is 1. The third-order valence-corrected chi connectivity index (χ3v) is 5.35. The third kappa shape index (κ3) is 4.39. The van der Waals surface area contributed by atoms with Gasteiger partial charge < -0.3 is 10.3 Å². The molecule has 0 atom stereocenters. The number of thiazole rings is 1. The first-order valence-electron chi connectivity index (χ1n) is 8.10. The molecule has 2 aromatic heterocycles. The minimum absolute atomic E-state index is 0.143. The summed E-state index contributed by atoms with van der Waals surface area (Å²) in [4.78, 5) is 35.6. The van der Waals surface area contributed by atoms with Gasteiger partial charge in [-0.15, -0.1) is 11.3 Å². The molecule has 1 amide bonds. The Morgan fingerprint density at radius 2 is 2.04 bits per heavy atom. The van der Waals surface area contributed by atoms with Gasteiger partial charge in [0, 0.05) is 22.2 Å². The highest BCUT2D eigenvalue weighted by atomic mass is 32.2. The molecule has 0 aliphatic rings. The average molecular weight is 387 g/mol. The van der Waals surface area contributed by atoms with Crippen LogP contribution in [0.2, 0.25) is 0 Å². The van der Waals surface area contributed by atoms with Crippen molar-refractivity contribution >= 4 is 34.1 Å². The van der Waals surface area contributed by atoms with Gasteiger partial charge in [0.25, 0.3) is 5.56 Å². The highest BCUT2D eigenvalue weighted by Crippen LogP contribution is 2.24. The van der Waals surface area contributed by atoms with E-state index < -0.39 is 0 Å². The molecular formula is C18H18N4O2S2. The van der Waals surface area contributed by atoms with Gasteiger partial charge in [-0.05, 0) is 13.3 Å². The minimum Gasteiger partial charge on any atom is -0.301 e. The molecule has 26 heavy (non-hydrogen) atoms. The Morgan fingerprint density at radius 3 is 2.73 bits per heavy atom. The molecule has 3 aromatic rings. The van der Waals surface area contributed by atoms with Crippen LogP contribution >= 0.6 is 23.1 Å². The van der Waals surface area contributed by atoms with Crippen molar-refractivity contribution in [2.45, 2.75) is 25.4 Å². The van der Waals surface area contributed by atoms with Crippen molar-refractivity contribution in [1.29, 1.82) is 0 Å². The van der Waals surface area contributed by atoms with Gasteiger partial charge in [-0.2, -0.15) is 0 Å². The van der Waals surface area contributed by atoms with Crippen LogP contribution in [0.5, 0.6) is 0 Å². The van der Waals surface area contributed by atoms with E-state index >= 15 is 0 Å². The molecule has 2 heterocycles. The quantitative estimate of drug-likeness (QED) is 0.500. The van der Waals surface area contributed by atoms with Crippen molar-refractivity contribution < 1.29 is 4.79 Å². The van der Waals surface area contributed by atoms with E-state index in [-0.39, 0.29) is 17.2 Å². The van der Waals surface area contributed by atoms with Gasteiger partial charge in [-0.1, -0.05) is 49.0 Å². The first kappa shape index (κ1) is 18.3. The number of anilines is 1. The number of carbonyl (C=O) groups is 1. The van der Waals surface area contributed by atoms with Gasteiger partial charge in [-0.25, -0.2) is 9.97 Å². The SMILES string of the molecule is CCc1c(C)nc(SCC(=O)Nc2nc(-c3ccccc3)cs2)[nH]c1=O. The number of aromatic amines is 1. The third-order valence-electron chi connectivity index (χ3n) is 3.71. The normalized spacial score (nSPS) is 10.7. The molecule has 6 nitrogen and oxygen atoms in total. The lowest BCUT2D eigenvalue weighted by molar-refractivity contribution is -0.113. The molecular weight excluding hydrogens is 368 g/mol. The van der Waals surface area contributed by atoms with Crippen molar-refractivity contribution in [2.24, 2.45) is 0 Å². The van der Waals surface area contributed by atoms with Crippen molar-refractivity contribution in [3.63, 3.8) is 0 Å². The van der Waals surface area contributed by atoms with Gasteiger partial charge in [0.15, 0.2) is 10.3 Å². The summed E-state index contributed by atoms with van der Waals surface area (Å²) in [5.74, 6) is -0.0440. The van der Waals surface area contributed by atoms with Crippen molar-refractivity contribution in [3.05, 3.63) is 57.3 Å². The zero-order valence-electron chi connectivity index (χ0n) is 14.4. The van der Waals surface area contributed by atoms with Crippen LogP contribution in [0.15, 0.2) is 45.7 Å². The number of H-pyrrole nitrogens is 1. The topological polar surface area (TPSA) is 87.7 Å². The molecule has 0 saturated carbocycles. The van der Waals surface area contributed by atoms with Gasteiger partial charge in [0.05, 0.1) is 11.4 Å². The smallest absolute Gasteiger partial charge is 0.254 e. The summed E-state index contributed by atoms with van der Waals surface area (Å²) in [6, 6.07) is 9.79. The first-order valence-corrected chi connectivity index (χ1v) is 9.96. The summed E-state index contributed by atoms with van der Waals surface area (Å²) in [6.45, 7) is 3.72. The predicted molar refractivity (Wildman–Crippen MR) is 106 cm³/mol. The maximum atomic E-state index is 12.1. The molecule has 0 radical (unpaired) electrons. The number of thioether (sulfide) groups is 1. The number of nitrogens with zero attached hydrogens (tertiary/aromatic N) is 2. The van der Waals surface area contributed by atoms with E-state index in [0.29, 0.717) is 28.0 Å². The molecule has 0 fully saturated rings. The van der Waals surface area contributed by atoms with Crippen LogP contribution in [0.25, 0.3) is 11.3 Å². The standard InChI is InChI=1S/C18H18N4O2S2/c1-3-13-11(2)19-17(22-16(13)24)26-10-15(23)21-18-20-14(9-25-18)12-7-5-4-6-8-12/h4-9H,3,10H2,1-2H3,(H,19,22,24)(H,20,21,23). The van der Waals surface area contributed by atoms with Crippen LogP contribution in [-0.4, -0.2) is 26.6 Å². The zero-order chi connectivity index (χ0) is 18.5. The Kier molecular flexibility index (Phi) is 5.85. The molecule has 2 N–H and O–H groups in total. The van der Waals surface area contributed by atoms with Crippen molar-refractivity contribution in [3.8, 4) is 11.3 Å². The maximum absolute atomic E-state index is 12.1. The van der Waals surface area contributed by atoms with Gasteiger partial charge >= 0.3 is 0 Å². The van der Waals surface area contributed by atoms with E-state index in [0.717, 1.165) is 11.3 Å². The molecule has 0 unspecified atom stereocenters. The van der Waals surface area contributed by atoms with E-state index in [1.807, 2.05) is 42.6 Å². The number of hydrogen-bond donors (Lipinski definition) is 2. The molecule has 0 aliphatic carbocycles. The number of benzene rings is 1. The summed E-state index contributed by atoms with van der Waals surface area (Å²) in [6.07, 6.45) is 0.632. The Morgan fingerprint density at radius 1 is 1.27 bits per heavy atom. The second-order valence-electron chi connectivity index (χ2n) is 5.53. The van der Waals surface area contributed by atoms with Gasteiger partial charge in [0.1, 0.15) is 0 Å². The molecule has 0 spiro atoms. The summed E-state index contributed by atoms with van der Waals surface area (Å²) in [5, 5.41) is 5.69. The lowest BCUT2D eigenvalue weighted by Gasteiger charge is -2.05. The highest BCUT2D eigenvalue weighted by molar-refractivity contribution is 7.99. The minimum atomic E-state index is -0.191. The Labute approximate surface area is 159 Å². The van der Waals surface area contributed by atoms with E-state index in [1.165, 1.54) is 23.1 Å². The molecule has 0 saturated heterocycles. The number of amides is 1. The molecule has 3 rings (SSSR count). The fourth-order valence-corrected chi connectivity index (χ4v) is 3.87. The second-order valence-corrected chi connectivity index (χ2v) is 7.35. The van der Waals surface area contributed by atoms with Crippen LogP contribution in [0.1, 0.15) is 18.2 Å². The number of aromatic nitrogens is 3. The van der Waals surface area contributed by atoms with Crippen molar-refractivity contribution in [1.82, 2.24) is 15.0 Å². The summed E-state index contributed by atoms with van der Waals surface area (Å²) in [5.41, 5.74) is 3.07. The van der Waals surface area contributed by atoms with Crippen LogP contribution in [0.4, 0.5) is 5.13 Å². The lowest BCUT2D eigenvalue weighted by atomic mass is 10.2. The molecule has 0 aliphatic heterocycles. The van der Waals surface area contributed by atoms with Crippen LogP contribution in [0.3, 0.4) is 0 Å². The summed E-state index contributed by atoms with van der Waals surface area (Å²) in [7, 11) is 0. The first-order chi connectivity index (χ1) is 12.6. The van der Waals surface area contributed by atoms with Gasteiger partial charge in [-0.3, -0.25) is 9.59 Å². The molecule has 0 bridgehead atoms. The van der Waals surface area contributed by atoms with E-state index in [9.17, 15) is 9.59 Å². The number of rotatable bonds is 6. The largest absolute Gasteiger partial charge is 0.301 e. The Balaban J connectivity index is 1.60. The Hall–Kier alpha value is -2.45. The fraction of sp³-hybridized carbons (Fsp3) is 0.222.